The molecule has 0 radical (unpaired) electrons. The maximum absolute atomic E-state index is 12.5. The van der Waals surface area contributed by atoms with E-state index in [1.54, 1.807) is 6.08 Å². The Morgan fingerprint density at radius 2 is 0.594 bits per heavy atom. The minimum absolute atomic E-state index is 0.0622. The summed E-state index contributed by atoms with van der Waals surface area (Å²) in [7, 11) is 0. The summed E-state index contributed by atoms with van der Waals surface area (Å²) >= 11 is 0. The Balaban J connectivity index is 3.47. The Morgan fingerprint density at radius 3 is 0.884 bits per heavy atom. The van der Waals surface area contributed by atoms with Crippen molar-refractivity contribution in [2.24, 2.45) is 0 Å². The van der Waals surface area contributed by atoms with Gasteiger partial charge in [0, 0.05) is 6.42 Å². The van der Waals surface area contributed by atoms with Gasteiger partial charge in [0.2, 0.25) is 5.91 Å². The molecule has 0 spiro atoms. The molecule has 2 unspecified atom stereocenters. The first kappa shape index (κ1) is 67.3. The van der Waals surface area contributed by atoms with E-state index in [9.17, 15) is 15.0 Å². The number of unbranched alkanes of at least 4 members (excludes halogenated alkanes) is 45. The van der Waals surface area contributed by atoms with E-state index >= 15 is 0 Å². The van der Waals surface area contributed by atoms with Crippen LogP contribution in [0.3, 0.4) is 0 Å². The highest BCUT2D eigenvalue weighted by Gasteiger charge is 2.18. The highest BCUT2D eigenvalue weighted by Crippen LogP contribution is 2.18. The van der Waals surface area contributed by atoms with E-state index in [1.165, 1.54) is 283 Å². The molecular weight excluding hydrogens is 843 g/mol. The normalized spacial score (nSPS) is 13.0. The molecule has 3 N–H and O–H groups in total. The molecule has 0 aliphatic rings. The van der Waals surface area contributed by atoms with Gasteiger partial charge in [-0.1, -0.05) is 326 Å². The minimum Gasteiger partial charge on any atom is -0.394 e. The van der Waals surface area contributed by atoms with Crippen molar-refractivity contribution in [3.63, 3.8) is 0 Å². The first-order valence-electron chi connectivity index (χ1n) is 31.4. The summed E-state index contributed by atoms with van der Waals surface area (Å²) in [5.41, 5.74) is 0. The first-order valence-corrected chi connectivity index (χ1v) is 31.4. The topological polar surface area (TPSA) is 69.6 Å². The second-order valence-electron chi connectivity index (χ2n) is 21.5. The van der Waals surface area contributed by atoms with Gasteiger partial charge in [-0.15, -0.1) is 0 Å². The number of allylic oxidation sites excluding steroid dienone is 7. The van der Waals surface area contributed by atoms with Crippen molar-refractivity contribution in [3.8, 4) is 0 Å². The maximum Gasteiger partial charge on any atom is 0.220 e. The number of carbonyl (C=O) groups is 1. The molecule has 0 saturated heterocycles. The second-order valence-corrected chi connectivity index (χ2v) is 21.5. The molecule has 0 aromatic rings. The van der Waals surface area contributed by atoms with Crippen LogP contribution in [0.4, 0.5) is 0 Å². The summed E-state index contributed by atoms with van der Waals surface area (Å²) in [5.74, 6) is -0.0622. The number of rotatable bonds is 58. The number of aliphatic hydroxyl groups is 2. The van der Waals surface area contributed by atoms with E-state index in [4.69, 9.17) is 0 Å². The molecule has 0 bridgehead atoms. The highest BCUT2D eigenvalue weighted by atomic mass is 16.3. The van der Waals surface area contributed by atoms with Crippen molar-refractivity contribution in [1.29, 1.82) is 0 Å². The molecule has 406 valence electrons. The van der Waals surface area contributed by atoms with Gasteiger partial charge >= 0.3 is 0 Å². The number of nitrogens with one attached hydrogen (secondary N) is 1. The standard InChI is InChI=1S/C65H123NO3/c1-3-5-7-9-11-13-15-17-19-21-23-25-27-29-31-32-33-35-36-38-40-42-44-46-48-50-52-54-56-58-60-64(68)63(62-67)66-65(69)61-59-57-55-53-51-49-47-45-43-41-39-37-34-30-28-26-24-22-20-18-16-14-12-10-8-6-4-2/h16,18,22,24,28,30,58,60,63-64,67-68H,3-15,17,19-21,23,25-27,29,31-57,59,61-62H2,1-2H3,(H,66,69)/b18-16-,24-22-,30-28-,60-58+. The third-order valence-electron chi connectivity index (χ3n) is 14.6. The summed E-state index contributed by atoms with van der Waals surface area (Å²) in [4.78, 5) is 12.5. The van der Waals surface area contributed by atoms with Gasteiger partial charge in [-0.2, -0.15) is 0 Å². The number of amides is 1. The molecule has 0 rings (SSSR count). The van der Waals surface area contributed by atoms with Crippen molar-refractivity contribution < 1.29 is 15.0 Å². The summed E-state index contributed by atoms with van der Waals surface area (Å²) in [6.07, 6.45) is 84.4. The average Bonchev–Trinajstić information content (AvgIpc) is 3.35. The van der Waals surface area contributed by atoms with Gasteiger partial charge in [0.15, 0.2) is 0 Å². The molecule has 0 fully saturated rings. The quantitative estimate of drug-likeness (QED) is 0.0420. The van der Waals surface area contributed by atoms with Gasteiger partial charge in [-0.25, -0.2) is 0 Å². The molecule has 4 nitrogen and oxygen atoms in total. The van der Waals surface area contributed by atoms with Crippen LogP contribution < -0.4 is 5.32 Å². The lowest BCUT2D eigenvalue weighted by Gasteiger charge is -2.20. The van der Waals surface area contributed by atoms with Gasteiger partial charge < -0.3 is 15.5 Å². The van der Waals surface area contributed by atoms with Gasteiger partial charge in [0.05, 0.1) is 18.8 Å². The van der Waals surface area contributed by atoms with E-state index in [0.717, 1.165) is 38.5 Å². The third kappa shape index (κ3) is 57.1. The number of hydrogen-bond donors (Lipinski definition) is 3. The SMILES string of the molecule is CCCCCCC/C=C\C/C=C\C/C=C\CCCCCCCCCCCCCCC(=O)NC(CO)C(O)/C=C/CCCCCCCCCCCCCCCCCCCCCCCCCCCCCC. The largest absolute Gasteiger partial charge is 0.394 e. The van der Waals surface area contributed by atoms with Crippen molar-refractivity contribution in [2.45, 2.75) is 353 Å². The van der Waals surface area contributed by atoms with E-state index in [1.807, 2.05) is 6.08 Å². The molecule has 0 saturated carbocycles. The molecule has 0 aromatic heterocycles. The van der Waals surface area contributed by atoms with Crippen LogP contribution in [0.2, 0.25) is 0 Å². The summed E-state index contributed by atoms with van der Waals surface area (Å²) < 4.78 is 0. The molecule has 2 atom stereocenters. The van der Waals surface area contributed by atoms with Gasteiger partial charge in [-0.05, 0) is 57.8 Å². The van der Waals surface area contributed by atoms with Crippen molar-refractivity contribution in [2.75, 3.05) is 6.61 Å². The van der Waals surface area contributed by atoms with Gasteiger partial charge in [0.1, 0.15) is 0 Å². The predicted molar refractivity (Wildman–Crippen MR) is 308 cm³/mol. The van der Waals surface area contributed by atoms with Crippen LogP contribution in [0.1, 0.15) is 341 Å². The van der Waals surface area contributed by atoms with Crippen LogP contribution in [0.25, 0.3) is 0 Å². The lowest BCUT2D eigenvalue weighted by atomic mass is 10.0. The lowest BCUT2D eigenvalue weighted by Crippen LogP contribution is -2.45. The van der Waals surface area contributed by atoms with Crippen LogP contribution in [0, 0.1) is 0 Å². The summed E-state index contributed by atoms with van der Waals surface area (Å²) in [6, 6.07) is -0.626. The van der Waals surface area contributed by atoms with Crippen LogP contribution >= 0.6 is 0 Å². The fraction of sp³-hybridized carbons (Fsp3) is 0.862. The number of aliphatic hydroxyl groups excluding tert-OH is 2. The van der Waals surface area contributed by atoms with Crippen LogP contribution in [-0.4, -0.2) is 34.9 Å². The molecule has 4 heteroatoms. The molecule has 1 amide bonds. The average molecular weight is 967 g/mol. The zero-order chi connectivity index (χ0) is 49.9. The van der Waals surface area contributed by atoms with Gasteiger partial charge in [0.25, 0.3) is 0 Å². The maximum atomic E-state index is 12.5. The molecule has 0 aromatic carbocycles. The Bertz CT molecular complexity index is 1090. The molecule has 0 aliphatic heterocycles. The van der Waals surface area contributed by atoms with Crippen LogP contribution in [0.5, 0.6) is 0 Å². The van der Waals surface area contributed by atoms with E-state index in [-0.39, 0.29) is 12.5 Å². The zero-order valence-corrected chi connectivity index (χ0v) is 46.8. The third-order valence-corrected chi connectivity index (χ3v) is 14.6. The summed E-state index contributed by atoms with van der Waals surface area (Å²) in [6.45, 7) is 4.33. The zero-order valence-electron chi connectivity index (χ0n) is 46.8. The Kier molecular flexibility index (Phi) is 59.2. The number of carbonyl (C=O) groups excluding carboxylic acids is 1. The van der Waals surface area contributed by atoms with Crippen molar-refractivity contribution in [3.05, 3.63) is 48.6 Å². The smallest absolute Gasteiger partial charge is 0.220 e. The van der Waals surface area contributed by atoms with Crippen LogP contribution in [0.15, 0.2) is 48.6 Å². The Labute approximate surface area is 433 Å². The van der Waals surface area contributed by atoms with E-state index in [2.05, 4.69) is 55.6 Å². The second kappa shape index (κ2) is 60.7. The first-order chi connectivity index (χ1) is 34.2. The fourth-order valence-electron chi connectivity index (χ4n) is 9.78. The molecule has 0 aliphatic carbocycles. The number of hydrogen-bond acceptors (Lipinski definition) is 3. The highest BCUT2D eigenvalue weighted by molar-refractivity contribution is 5.76. The monoisotopic (exact) mass is 966 g/mol. The molecule has 69 heavy (non-hydrogen) atoms. The van der Waals surface area contributed by atoms with Crippen LogP contribution in [-0.2, 0) is 4.79 Å². The minimum atomic E-state index is -0.843. The van der Waals surface area contributed by atoms with E-state index < -0.39 is 12.1 Å². The Morgan fingerprint density at radius 1 is 0.348 bits per heavy atom. The molecular formula is C65H123NO3. The van der Waals surface area contributed by atoms with Crippen molar-refractivity contribution >= 4 is 5.91 Å². The summed E-state index contributed by atoms with van der Waals surface area (Å²) in [5, 5.41) is 23.2. The fourth-order valence-corrected chi connectivity index (χ4v) is 9.78. The lowest BCUT2D eigenvalue weighted by molar-refractivity contribution is -0.123. The van der Waals surface area contributed by atoms with Crippen molar-refractivity contribution in [1.82, 2.24) is 5.32 Å². The Hall–Kier alpha value is -1.65. The van der Waals surface area contributed by atoms with Gasteiger partial charge in [-0.3, -0.25) is 4.79 Å². The van der Waals surface area contributed by atoms with E-state index in [0.29, 0.717) is 6.42 Å². The predicted octanol–water partition coefficient (Wildman–Crippen LogP) is 21.0. The molecule has 0 heterocycles.